The van der Waals surface area contributed by atoms with E-state index in [0.29, 0.717) is 29.9 Å². The second-order valence-electron chi connectivity index (χ2n) is 6.34. The van der Waals surface area contributed by atoms with E-state index in [0.717, 1.165) is 37.0 Å². The van der Waals surface area contributed by atoms with Gasteiger partial charge in [-0.3, -0.25) is 9.59 Å². The summed E-state index contributed by atoms with van der Waals surface area (Å²) in [5, 5.41) is 13.4. The molecule has 6 nitrogen and oxygen atoms in total. The zero-order valence-electron chi connectivity index (χ0n) is 13.2. The average Bonchev–Trinajstić information content (AvgIpc) is 3.04. The maximum Gasteiger partial charge on any atom is 0.311 e. The normalized spacial score (nSPS) is 19.5. The van der Waals surface area contributed by atoms with E-state index in [1.54, 1.807) is 23.1 Å². The van der Waals surface area contributed by atoms with E-state index in [-0.39, 0.29) is 5.91 Å². The monoisotopic (exact) mass is 326 g/mol. The van der Waals surface area contributed by atoms with Crippen molar-refractivity contribution in [3.05, 3.63) is 46.8 Å². The van der Waals surface area contributed by atoms with Gasteiger partial charge < -0.3 is 14.5 Å². The van der Waals surface area contributed by atoms with Crippen molar-refractivity contribution in [2.75, 3.05) is 11.4 Å². The number of aliphatic carboxylic acids is 1. The molecule has 1 aromatic carbocycles. The zero-order valence-corrected chi connectivity index (χ0v) is 13.2. The van der Waals surface area contributed by atoms with Crippen LogP contribution in [0.2, 0.25) is 0 Å². The number of hydrogen-bond donors (Lipinski definition) is 1. The molecule has 1 atom stereocenters. The van der Waals surface area contributed by atoms with Gasteiger partial charge in [-0.1, -0.05) is 23.4 Å². The number of para-hydroxylation sites is 1. The number of carboxylic acid groups (broad SMARTS) is 1. The molecule has 2 heterocycles. The standard InChI is InChI=1S/C18H18N2O4/c21-17(16-13-6-2-4-8-15(13)24-19-16)20-10-9-12(18(22)23)11-5-1-3-7-14(11)20/h1,3,5,7,12H,2,4,6,8-10H2,(H,22,23). The topological polar surface area (TPSA) is 83.6 Å². The molecule has 1 aliphatic carbocycles. The first kappa shape index (κ1) is 14.9. The van der Waals surface area contributed by atoms with Gasteiger partial charge in [-0.25, -0.2) is 0 Å². The average molecular weight is 326 g/mol. The number of hydrogen-bond acceptors (Lipinski definition) is 4. The maximum atomic E-state index is 13.0. The smallest absolute Gasteiger partial charge is 0.311 e. The maximum absolute atomic E-state index is 13.0. The second kappa shape index (κ2) is 5.78. The van der Waals surface area contributed by atoms with Crippen molar-refractivity contribution in [3.8, 4) is 0 Å². The number of fused-ring (bicyclic) bond motifs is 2. The first-order valence-electron chi connectivity index (χ1n) is 8.28. The molecule has 6 heteroatoms. The van der Waals surface area contributed by atoms with Gasteiger partial charge in [-0.05, 0) is 37.3 Å². The van der Waals surface area contributed by atoms with Gasteiger partial charge in [-0.2, -0.15) is 0 Å². The highest BCUT2D eigenvalue weighted by Gasteiger charge is 2.35. The van der Waals surface area contributed by atoms with Crippen molar-refractivity contribution in [1.82, 2.24) is 5.16 Å². The van der Waals surface area contributed by atoms with Crippen molar-refractivity contribution in [1.29, 1.82) is 0 Å². The van der Waals surface area contributed by atoms with Gasteiger partial charge in [0.05, 0.1) is 5.92 Å². The summed E-state index contributed by atoms with van der Waals surface area (Å²) in [6.45, 7) is 0.369. The lowest BCUT2D eigenvalue weighted by Gasteiger charge is -2.32. The van der Waals surface area contributed by atoms with E-state index in [4.69, 9.17) is 4.52 Å². The Hall–Kier alpha value is -2.63. The van der Waals surface area contributed by atoms with Gasteiger partial charge in [-0.15, -0.1) is 0 Å². The van der Waals surface area contributed by atoms with Gasteiger partial charge in [0.1, 0.15) is 5.76 Å². The van der Waals surface area contributed by atoms with Crippen LogP contribution in [0.15, 0.2) is 28.8 Å². The SMILES string of the molecule is O=C(O)C1CCN(C(=O)c2noc3c2CCCC3)c2ccccc21. The van der Waals surface area contributed by atoms with Crippen molar-refractivity contribution in [2.24, 2.45) is 0 Å². The van der Waals surface area contributed by atoms with Crippen molar-refractivity contribution in [3.63, 3.8) is 0 Å². The molecule has 0 spiro atoms. The Kier molecular flexibility index (Phi) is 3.59. The number of carbonyl (C=O) groups excluding carboxylic acids is 1. The van der Waals surface area contributed by atoms with Crippen molar-refractivity contribution < 1.29 is 19.2 Å². The summed E-state index contributed by atoms with van der Waals surface area (Å²) in [4.78, 5) is 26.2. The van der Waals surface area contributed by atoms with E-state index in [1.807, 2.05) is 6.07 Å². The minimum atomic E-state index is -0.853. The summed E-state index contributed by atoms with van der Waals surface area (Å²) in [6.07, 6.45) is 4.13. The third-order valence-electron chi connectivity index (χ3n) is 4.94. The number of aryl methyl sites for hydroxylation is 1. The largest absolute Gasteiger partial charge is 0.481 e. The minimum Gasteiger partial charge on any atom is -0.481 e. The number of anilines is 1. The molecule has 0 bridgehead atoms. The van der Waals surface area contributed by atoms with Crippen LogP contribution in [-0.2, 0) is 17.6 Å². The third kappa shape index (κ3) is 2.29. The summed E-state index contributed by atoms with van der Waals surface area (Å²) in [6, 6.07) is 7.21. The van der Waals surface area contributed by atoms with Crippen LogP contribution in [0.1, 0.15) is 52.6 Å². The molecule has 124 valence electrons. The number of rotatable bonds is 2. The fraction of sp³-hybridized carbons (Fsp3) is 0.389. The van der Waals surface area contributed by atoms with Gasteiger partial charge in [0.2, 0.25) is 0 Å². The molecular formula is C18H18N2O4. The summed E-state index contributed by atoms with van der Waals surface area (Å²) in [7, 11) is 0. The fourth-order valence-corrected chi connectivity index (χ4v) is 3.71. The molecule has 2 aliphatic rings. The Morgan fingerprint density at radius 2 is 2.00 bits per heavy atom. The lowest BCUT2D eigenvalue weighted by molar-refractivity contribution is -0.139. The van der Waals surface area contributed by atoms with Crippen LogP contribution in [0.4, 0.5) is 5.69 Å². The fourth-order valence-electron chi connectivity index (χ4n) is 3.71. The predicted molar refractivity (Wildman–Crippen MR) is 86.3 cm³/mol. The first-order valence-corrected chi connectivity index (χ1v) is 8.28. The lowest BCUT2D eigenvalue weighted by atomic mass is 9.89. The van der Waals surface area contributed by atoms with Gasteiger partial charge in [0.25, 0.3) is 5.91 Å². The molecule has 0 radical (unpaired) electrons. The molecule has 1 aromatic heterocycles. The van der Waals surface area contributed by atoms with Crippen LogP contribution in [0, 0.1) is 0 Å². The van der Waals surface area contributed by atoms with E-state index >= 15 is 0 Å². The summed E-state index contributed by atoms with van der Waals surface area (Å²) in [5.74, 6) is -0.804. The number of carboxylic acids is 1. The highest BCUT2D eigenvalue weighted by Crippen LogP contribution is 2.36. The zero-order chi connectivity index (χ0) is 16.7. The van der Waals surface area contributed by atoms with Crippen molar-refractivity contribution >= 4 is 17.6 Å². The minimum absolute atomic E-state index is 0.196. The third-order valence-corrected chi connectivity index (χ3v) is 4.94. The van der Waals surface area contributed by atoms with E-state index < -0.39 is 11.9 Å². The summed E-state index contributed by atoms with van der Waals surface area (Å²) in [5.41, 5.74) is 2.65. The second-order valence-corrected chi connectivity index (χ2v) is 6.34. The number of benzene rings is 1. The summed E-state index contributed by atoms with van der Waals surface area (Å²) < 4.78 is 5.35. The van der Waals surface area contributed by atoms with Gasteiger partial charge in [0.15, 0.2) is 5.69 Å². The highest BCUT2D eigenvalue weighted by atomic mass is 16.5. The molecule has 0 saturated heterocycles. The molecule has 1 unspecified atom stereocenters. The summed E-state index contributed by atoms with van der Waals surface area (Å²) >= 11 is 0. The Bertz CT molecular complexity index is 811. The van der Waals surface area contributed by atoms with E-state index in [2.05, 4.69) is 5.16 Å². The molecule has 1 aliphatic heterocycles. The van der Waals surface area contributed by atoms with Crippen LogP contribution < -0.4 is 4.90 Å². The molecular weight excluding hydrogens is 308 g/mol. The van der Waals surface area contributed by atoms with Crippen LogP contribution in [0.3, 0.4) is 0 Å². The molecule has 0 fully saturated rings. The Labute approximate surface area is 139 Å². The number of nitrogens with zero attached hydrogens (tertiary/aromatic N) is 2. The number of amides is 1. The molecule has 4 rings (SSSR count). The lowest BCUT2D eigenvalue weighted by Crippen LogP contribution is -2.38. The van der Waals surface area contributed by atoms with Crippen LogP contribution in [0.5, 0.6) is 0 Å². The van der Waals surface area contributed by atoms with E-state index in [1.165, 1.54) is 0 Å². The first-order chi connectivity index (χ1) is 11.7. The predicted octanol–water partition coefficient (Wildman–Crippen LogP) is 2.77. The Morgan fingerprint density at radius 1 is 1.21 bits per heavy atom. The molecule has 1 N–H and O–H groups in total. The Morgan fingerprint density at radius 3 is 2.83 bits per heavy atom. The highest BCUT2D eigenvalue weighted by molar-refractivity contribution is 6.07. The van der Waals surface area contributed by atoms with Crippen LogP contribution in [0.25, 0.3) is 0 Å². The van der Waals surface area contributed by atoms with Crippen molar-refractivity contribution in [2.45, 2.75) is 38.0 Å². The van der Waals surface area contributed by atoms with Crippen LogP contribution >= 0.6 is 0 Å². The van der Waals surface area contributed by atoms with Gasteiger partial charge in [0, 0.05) is 24.2 Å². The van der Waals surface area contributed by atoms with Gasteiger partial charge >= 0.3 is 5.97 Å². The van der Waals surface area contributed by atoms with Crippen LogP contribution in [-0.4, -0.2) is 28.7 Å². The molecule has 24 heavy (non-hydrogen) atoms. The van der Waals surface area contributed by atoms with E-state index in [9.17, 15) is 14.7 Å². The molecule has 0 saturated carbocycles. The molecule has 2 aromatic rings. The number of carbonyl (C=O) groups is 2. The number of aromatic nitrogens is 1. The quantitative estimate of drug-likeness (QED) is 0.917. The Balaban J connectivity index is 1.72. The molecule has 1 amide bonds.